The van der Waals surface area contributed by atoms with Gasteiger partial charge in [0.15, 0.2) is 0 Å². The fraction of sp³-hybridized carbons (Fsp3) is 0.710. The van der Waals surface area contributed by atoms with Gasteiger partial charge in [-0.1, -0.05) is 46.3 Å². The highest BCUT2D eigenvalue weighted by Gasteiger charge is 2.66. The number of aliphatic carboxylic acids is 1. The Balaban J connectivity index is 1.63. The van der Waals surface area contributed by atoms with Crippen molar-refractivity contribution in [3.63, 3.8) is 0 Å². The van der Waals surface area contributed by atoms with Crippen LogP contribution in [0.15, 0.2) is 34.4 Å². The Morgan fingerprint density at radius 2 is 1.60 bits per heavy atom. The van der Waals surface area contributed by atoms with Gasteiger partial charge in [0, 0.05) is 11.0 Å². The van der Waals surface area contributed by atoms with Crippen molar-refractivity contribution in [3.05, 3.63) is 34.4 Å². The first-order valence-electron chi connectivity index (χ1n) is 13.6. The van der Waals surface area contributed by atoms with Crippen LogP contribution in [-0.4, -0.2) is 22.6 Å². The fourth-order valence-corrected chi connectivity index (χ4v) is 9.43. The third-order valence-electron chi connectivity index (χ3n) is 12.1. The van der Waals surface area contributed by atoms with Crippen LogP contribution >= 0.6 is 0 Å². The van der Waals surface area contributed by atoms with E-state index in [4.69, 9.17) is 0 Å². The minimum Gasteiger partial charge on any atom is -0.481 e. The summed E-state index contributed by atoms with van der Waals surface area (Å²) < 4.78 is 0. The van der Waals surface area contributed by atoms with Crippen molar-refractivity contribution in [3.8, 4) is 0 Å². The number of fused-ring (bicyclic) bond motifs is 7. The molecule has 0 aromatic rings. The van der Waals surface area contributed by atoms with E-state index < -0.39 is 11.4 Å². The summed E-state index contributed by atoms with van der Waals surface area (Å²) in [6, 6.07) is 0. The molecular formula is C31H42O4. The van der Waals surface area contributed by atoms with Gasteiger partial charge in [-0.25, -0.2) is 0 Å². The molecule has 5 aliphatic carbocycles. The predicted octanol–water partition coefficient (Wildman–Crippen LogP) is 6.85. The van der Waals surface area contributed by atoms with Gasteiger partial charge in [-0.05, 0) is 111 Å². The highest BCUT2D eigenvalue weighted by molar-refractivity contribution is 6.48. The molecule has 0 heterocycles. The minimum absolute atomic E-state index is 0.0207. The van der Waals surface area contributed by atoms with Crippen LogP contribution in [0.1, 0.15) is 99.8 Å². The smallest absolute Gasteiger partial charge is 0.309 e. The topological polar surface area (TPSA) is 71.4 Å². The molecule has 0 saturated heterocycles. The normalized spacial score (nSPS) is 47.5. The summed E-state index contributed by atoms with van der Waals surface area (Å²) in [6.07, 6.45) is 11.8. The van der Waals surface area contributed by atoms with Crippen molar-refractivity contribution in [2.24, 2.45) is 38.9 Å². The average molecular weight is 479 g/mol. The van der Waals surface area contributed by atoms with E-state index >= 15 is 0 Å². The second-order valence-electron chi connectivity index (χ2n) is 13.9. The maximum absolute atomic E-state index is 12.7. The van der Waals surface area contributed by atoms with E-state index in [0.29, 0.717) is 11.5 Å². The Morgan fingerprint density at radius 3 is 2.26 bits per heavy atom. The standard InChI is InChI=1S/C31H42O4/c1-18-16-23-29(5,20-17-21(32)25(33)19(2)24(18)20)13-15-30(6)22-8-9-28(4,26(34)35)11-10-27(22,3)12-14-31(23,30)7/h16-18,22H,8-15H2,1-7H3,(H,34,35)/t18?,22-,27+,28-,29-,30-,31+/m0/s1. The zero-order chi connectivity index (χ0) is 25.8. The molecule has 190 valence electrons. The molecule has 3 saturated carbocycles. The Morgan fingerprint density at radius 1 is 0.943 bits per heavy atom. The Kier molecular flexibility index (Phi) is 5.15. The number of carbonyl (C=O) groups is 3. The average Bonchev–Trinajstić information content (AvgIpc) is 2.93. The first kappa shape index (κ1) is 24.7. The molecule has 35 heavy (non-hydrogen) atoms. The van der Waals surface area contributed by atoms with E-state index in [0.717, 1.165) is 62.5 Å². The van der Waals surface area contributed by atoms with Crippen molar-refractivity contribution >= 4 is 17.5 Å². The van der Waals surface area contributed by atoms with E-state index in [-0.39, 0.29) is 39.1 Å². The lowest BCUT2D eigenvalue weighted by molar-refractivity contribution is -0.148. The van der Waals surface area contributed by atoms with Crippen molar-refractivity contribution < 1.29 is 19.5 Å². The SMILES string of the molecule is CC1=C2C(=CC(=O)C1=O)[C@]1(C)CC[C@@]3(C)[C@H]4CC[C@](C)(C(=O)O)CC[C@]4(C)CC[C@]3(C)C1=CC2C. The fourth-order valence-electron chi connectivity index (χ4n) is 9.43. The molecule has 4 heteroatoms. The van der Waals surface area contributed by atoms with Crippen LogP contribution in [-0.2, 0) is 14.4 Å². The lowest BCUT2D eigenvalue weighted by Gasteiger charge is -2.68. The summed E-state index contributed by atoms with van der Waals surface area (Å²) in [6.45, 7) is 15.6. The Bertz CT molecular complexity index is 1140. The van der Waals surface area contributed by atoms with Gasteiger partial charge in [-0.3, -0.25) is 14.4 Å². The van der Waals surface area contributed by atoms with Gasteiger partial charge in [0.2, 0.25) is 11.6 Å². The molecule has 1 N–H and O–H groups in total. The number of carboxylic acid groups (broad SMARTS) is 1. The molecule has 5 aliphatic rings. The molecule has 7 atom stereocenters. The van der Waals surface area contributed by atoms with E-state index in [1.54, 1.807) is 6.08 Å². The minimum atomic E-state index is -0.647. The van der Waals surface area contributed by atoms with E-state index in [9.17, 15) is 19.5 Å². The first-order valence-corrected chi connectivity index (χ1v) is 13.6. The van der Waals surface area contributed by atoms with Crippen LogP contribution in [0, 0.1) is 38.9 Å². The molecule has 0 amide bonds. The summed E-state index contributed by atoms with van der Waals surface area (Å²) in [5, 5.41) is 10.0. The van der Waals surface area contributed by atoms with Crippen LogP contribution in [0.3, 0.4) is 0 Å². The second-order valence-corrected chi connectivity index (χ2v) is 13.9. The van der Waals surface area contributed by atoms with Crippen molar-refractivity contribution in [2.45, 2.75) is 99.8 Å². The lowest BCUT2D eigenvalue weighted by atomic mass is 9.36. The van der Waals surface area contributed by atoms with E-state index in [1.807, 2.05) is 13.8 Å². The number of rotatable bonds is 1. The number of hydrogen-bond donors (Lipinski definition) is 1. The Labute approximate surface area is 210 Å². The highest BCUT2D eigenvalue weighted by atomic mass is 16.4. The molecular weight excluding hydrogens is 436 g/mol. The number of carbonyl (C=O) groups excluding carboxylic acids is 2. The van der Waals surface area contributed by atoms with Gasteiger partial charge in [-0.2, -0.15) is 0 Å². The monoisotopic (exact) mass is 478 g/mol. The van der Waals surface area contributed by atoms with Crippen molar-refractivity contribution in [1.29, 1.82) is 0 Å². The van der Waals surface area contributed by atoms with E-state index in [1.165, 1.54) is 5.57 Å². The van der Waals surface area contributed by atoms with Gasteiger partial charge < -0.3 is 5.11 Å². The van der Waals surface area contributed by atoms with Gasteiger partial charge in [-0.15, -0.1) is 0 Å². The number of Topliss-reactive ketones (excluding diaryl/α,β-unsaturated/α-hetero) is 1. The number of allylic oxidation sites excluding steroid dienone is 6. The second kappa shape index (κ2) is 7.29. The highest BCUT2D eigenvalue weighted by Crippen LogP contribution is 2.75. The molecule has 5 rings (SSSR count). The van der Waals surface area contributed by atoms with Crippen LogP contribution in [0.2, 0.25) is 0 Å². The first-order chi connectivity index (χ1) is 16.1. The number of hydrogen-bond acceptors (Lipinski definition) is 3. The molecule has 0 aromatic carbocycles. The predicted molar refractivity (Wildman–Crippen MR) is 137 cm³/mol. The number of ketones is 2. The molecule has 0 aromatic heterocycles. The summed E-state index contributed by atoms with van der Waals surface area (Å²) in [5.41, 5.74) is 3.58. The lowest BCUT2D eigenvalue weighted by Crippen LogP contribution is -2.60. The quantitative estimate of drug-likeness (QED) is 0.254. The van der Waals surface area contributed by atoms with Crippen molar-refractivity contribution in [1.82, 2.24) is 0 Å². The number of carboxylic acids is 1. The summed E-state index contributed by atoms with van der Waals surface area (Å²) in [4.78, 5) is 37.4. The summed E-state index contributed by atoms with van der Waals surface area (Å²) >= 11 is 0. The van der Waals surface area contributed by atoms with Crippen LogP contribution in [0.25, 0.3) is 0 Å². The van der Waals surface area contributed by atoms with Gasteiger partial charge in [0.05, 0.1) is 5.41 Å². The molecule has 3 fully saturated rings. The maximum atomic E-state index is 12.7. The summed E-state index contributed by atoms with van der Waals surface area (Å²) in [5.74, 6) is -0.791. The zero-order valence-electron chi connectivity index (χ0n) is 22.6. The van der Waals surface area contributed by atoms with Crippen LogP contribution in [0.4, 0.5) is 0 Å². The molecule has 0 spiro atoms. The zero-order valence-corrected chi connectivity index (χ0v) is 22.6. The van der Waals surface area contributed by atoms with E-state index in [2.05, 4.69) is 40.7 Å². The van der Waals surface area contributed by atoms with Gasteiger partial charge >= 0.3 is 5.97 Å². The molecule has 0 aliphatic heterocycles. The largest absolute Gasteiger partial charge is 0.481 e. The Hall–Kier alpha value is -1.97. The summed E-state index contributed by atoms with van der Waals surface area (Å²) in [7, 11) is 0. The third-order valence-corrected chi connectivity index (χ3v) is 12.1. The van der Waals surface area contributed by atoms with Gasteiger partial charge in [0.1, 0.15) is 0 Å². The van der Waals surface area contributed by atoms with Crippen LogP contribution < -0.4 is 0 Å². The molecule has 1 unspecified atom stereocenters. The third kappa shape index (κ3) is 3.01. The molecule has 4 nitrogen and oxygen atoms in total. The maximum Gasteiger partial charge on any atom is 0.309 e. The molecule has 0 radical (unpaired) electrons. The van der Waals surface area contributed by atoms with Gasteiger partial charge in [0.25, 0.3) is 0 Å². The van der Waals surface area contributed by atoms with Crippen LogP contribution in [0.5, 0.6) is 0 Å². The molecule has 0 bridgehead atoms. The van der Waals surface area contributed by atoms with Crippen molar-refractivity contribution in [2.75, 3.05) is 0 Å².